The van der Waals surface area contributed by atoms with Crippen LogP contribution in [0.3, 0.4) is 0 Å². The molecule has 2 heterocycles. The molecule has 0 aliphatic carbocycles. The van der Waals surface area contributed by atoms with Crippen LogP contribution >= 0.6 is 11.3 Å². The molecule has 18 heavy (non-hydrogen) atoms. The standard InChI is InChI=1S/C14H13N3S/c15-12-5-1-4-11-13(6-7-16-14(11)12)17-9-10-3-2-8-18-10/h1-8H,9,15H2,(H,16,17). The van der Waals surface area contributed by atoms with Crippen molar-refractivity contribution in [3.05, 3.63) is 52.9 Å². The molecule has 0 fully saturated rings. The number of thiophene rings is 1. The zero-order valence-corrected chi connectivity index (χ0v) is 10.6. The summed E-state index contributed by atoms with van der Waals surface area (Å²) in [5, 5.41) is 6.58. The summed E-state index contributed by atoms with van der Waals surface area (Å²) in [6.07, 6.45) is 1.79. The SMILES string of the molecule is Nc1cccc2c(NCc3cccs3)ccnc12. The summed E-state index contributed by atoms with van der Waals surface area (Å²) in [7, 11) is 0. The molecular formula is C14H13N3S. The van der Waals surface area contributed by atoms with E-state index in [1.807, 2.05) is 24.3 Å². The molecule has 4 heteroatoms. The fourth-order valence-electron chi connectivity index (χ4n) is 1.95. The van der Waals surface area contributed by atoms with Crippen LogP contribution in [-0.4, -0.2) is 4.98 Å². The van der Waals surface area contributed by atoms with Gasteiger partial charge in [-0.05, 0) is 23.6 Å². The van der Waals surface area contributed by atoms with E-state index in [1.54, 1.807) is 17.5 Å². The molecule has 3 N–H and O–H groups in total. The van der Waals surface area contributed by atoms with Crippen molar-refractivity contribution in [2.75, 3.05) is 11.1 Å². The third-order valence-corrected chi connectivity index (χ3v) is 3.71. The van der Waals surface area contributed by atoms with Gasteiger partial charge in [-0.3, -0.25) is 4.98 Å². The molecule has 0 spiro atoms. The summed E-state index contributed by atoms with van der Waals surface area (Å²) in [5.74, 6) is 0. The molecule has 2 aromatic heterocycles. The number of rotatable bonds is 3. The number of nitrogens with zero attached hydrogens (tertiary/aromatic N) is 1. The molecule has 0 amide bonds. The fraction of sp³-hybridized carbons (Fsp3) is 0.0714. The van der Waals surface area contributed by atoms with Crippen molar-refractivity contribution in [3.63, 3.8) is 0 Å². The summed E-state index contributed by atoms with van der Waals surface area (Å²) >= 11 is 1.75. The minimum atomic E-state index is 0.715. The van der Waals surface area contributed by atoms with Crippen LogP contribution in [0, 0.1) is 0 Å². The van der Waals surface area contributed by atoms with Crippen LogP contribution in [0.5, 0.6) is 0 Å². The number of anilines is 2. The highest BCUT2D eigenvalue weighted by Crippen LogP contribution is 2.26. The first-order valence-electron chi connectivity index (χ1n) is 5.74. The molecular weight excluding hydrogens is 242 g/mol. The van der Waals surface area contributed by atoms with E-state index in [-0.39, 0.29) is 0 Å². The maximum Gasteiger partial charge on any atom is 0.0951 e. The minimum absolute atomic E-state index is 0.715. The van der Waals surface area contributed by atoms with Gasteiger partial charge in [0.25, 0.3) is 0 Å². The quantitative estimate of drug-likeness (QED) is 0.704. The monoisotopic (exact) mass is 255 g/mol. The van der Waals surface area contributed by atoms with Crippen LogP contribution in [0.1, 0.15) is 4.88 Å². The second-order valence-electron chi connectivity index (χ2n) is 4.03. The summed E-state index contributed by atoms with van der Waals surface area (Å²) in [6, 6.07) is 12.0. The second-order valence-corrected chi connectivity index (χ2v) is 5.07. The molecule has 0 atom stereocenters. The van der Waals surface area contributed by atoms with Gasteiger partial charge in [0.05, 0.1) is 11.2 Å². The highest BCUT2D eigenvalue weighted by molar-refractivity contribution is 7.09. The highest BCUT2D eigenvalue weighted by atomic mass is 32.1. The van der Waals surface area contributed by atoms with Gasteiger partial charge in [0.1, 0.15) is 0 Å². The number of aromatic nitrogens is 1. The van der Waals surface area contributed by atoms with Crippen molar-refractivity contribution in [2.24, 2.45) is 0 Å². The van der Waals surface area contributed by atoms with Crippen molar-refractivity contribution in [3.8, 4) is 0 Å². The fourth-order valence-corrected chi connectivity index (χ4v) is 2.59. The van der Waals surface area contributed by atoms with E-state index in [4.69, 9.17) is 5.73 Å². The Morgan fingerprint density at radius 1 is 1.17 bits per heavy atom. The molecule has 0 saturated carbocycles. The number of fused-ring (bicyclic) bond motifs is 1. The normalized spacial score (nSPS) is 10.7. The van der Waals surface area contributed by atoms with Gasteiger partial charge in [-0.25, -0.2) is 0 Å². The zero-order valence-electron chi connectivity index (χ0n) is 9.76. The largest absolute Gasteiger partial charge is 0.397 e. The van der Waals surface area contributed by atoms with Crippen LogP contribution < -0.4 is 11.1 Å². The van der Waals surface area contributed by atoms with E-state index in [1.165, 1.54) is 4.88 Å². The van der Waals surface area contributed by atoms with Gasteiger partial charge in [0.15, 0.2) is 0 Å². The molecule has 1 aromatic carbocycles. The third kappa shape index (κ3) is 2.02. The second kappa shape index (κ2) is 4.66. The lowest BCUT2D eigenvalue weighted by molar-refractivity contribution is 1.19. The average molecular weight is 255 g/mol. The Bertz CT molecular complexity index is 662. The lowest BCUT2D eigenvalue weighted by atomic mass is 10.1. The first-order valence-corrected chi connectivity index (χ1v) is 6.62. The maximum absolute atomic E-state index is 5.93. The van der Waals surface area contributed by atoms with E-state index >= 15 is 0 Å². The summed E-state index contributed by atoms with van der Waals surface area (Å²) in [5.41, 5.74) is 8.57. The van der Waals surface area contributed by atoms with Gasteiger partial charge in [0, 0.05) is 28.7 Å². The zero-order chi connectivity index (χ0) is 12.4. The molecule has 3 aromatic rings. The van der Waals surface area contributed by atoms with Gasteiger partial charge in [-0.15, -0.1) is 11.3 Å². The number of nitrogens with one attached hydrogen (secondary N) is 1. The summed E-state index contributed by atoms with van der Waals surface area (Å²) < 4.78 is 0. The van der Waals surface area contributed by atoms with Gasteiger partial charge >= 0.3 is 0 Å². The average Bonchev–Trinajstić information content (AvgIpc) is 2.90. The van der Waals surface area contributed by atoms with Crippen LogP contribution in [0.15, 0.2) is 48.0 Å². The molecule has 0 unspecified atom stereocenters. The van der Waals surface area contributed by atoms with E-state index < -0.39 is 0 Å². The number of hydrogen-bond donors (Lipinski definition) is 2. The van der Waals surface area contributed by atoms with Crippen molar-refractivity contribution in [1.29, 1.82) is 0 Å². The van der Waals surface area contributed by atoms with Crippen LogP contribution in [-0.2, 0) is 6.54 Å². The van der Waals surface area contributed by atoms with Crippen LogP contribution in [0.2, 0.25) is 0 Å². The molecule has 3 nitrogen and oxygen atoms in total. The molecule has 0 aliphatic heterocycles. The van der Waals surface area contributed by atoms with E-state index in [0.717, 1.165) is 23.1 Å². The van der Waals surface area contributed by atoms with E-state index in [2.05, 4.69) is 27.8 Å². The van der Waals surface area contributed by atoms with Crippen LogP contribution in [0.4, 0.5) is 11.4 Å². The molecule has 0 aliphatic rings. The summed E-state index contributed by atoms with van der Waals surface area (Å²) in [4.78, 5) is 5.63. The number of hydrogen-bond acceptors (Lipinski definition) is 4. The van der Waals surface area contributed by atoms with Gasteiger partial charge in [-0.2, -0.15) is 0 Å². The molecule has 0 radical (unpaired) electrons. The predicted molar refractivity (Wildman–Crippen MR) is 77.8 cm³/mol. The van der Waals surface area contributed by atoms with Gasteiger partial charge in [-0.1, -0.05) is 18.2 Å². The van der Waals surface area contributed by atoms with E-state index in [0.29, 0.717) is 5.69 Å². The number of nitrogens with two attached hydrogens (primary N) is 1. The smallest absolute Gasteiger partial charge is 0.0951 e. The van der Waals surface area contributed by atoms with E-state index in [9.17, 15) is 0 Å². The number of para-hydroxylation sites is 1. The number of benzene rings is 1. The minimum Gasteiger partial charge on any atom is -0.397 e. The first kappa shape index (κ1) is 11.0. The summed E-state index contributed by atoms with van der Waals surface area (Å²) in [6.45, 7) is 0.825. The van der Waals surface area contributed by atoms with Crippen LogP contribution in [0.25, 0.3) is 10.9 Å². The maximum atomic E-state index is 5.93. The Balaban J connectivity index is 1.94. The third-order valence-electron chi connectivity index (χ3n) is 2.84. The lowest BCUT2D eigenvalue weighted by Gasteiger charge is -2.09. The Hall–Kier alpha value is -2.07. The van der Waals surface area contributed by atoms with Crippen molar-refractivity contribution >= 4 is 33.6 Å². The Kier molecular flexibility index (Phi) is 2.86. The molecule has 0 bridgehead atoms. The van der Waals surface area contributed by atoms with Gasteiger partial charge < -0.3 is 11.1 Å². The molecule has 0 saturated heterocycles. The Labute approximate surface area is 109 Å². The van der Waals surface area contributed by atoms with Crippen molar-refractivity contribution < 1.29 is 0 Å². The van der Waals surface area contributed by atoms with Gasteiger partial charge in [0.2, 0.25) is 0 Å². The topological polar surface area (TPSA) is 50.9 Å². The highest BCUT2D eigenvalue weighted by Gasteiger charge is 2.04. The van der Waals surface area contributed by atoms with Crippen molar-refractivity contribution in [2.45, 2.75) is 6.54 Å². The molecule has 3 rings (SSSR count). The Morgan fingerprint density at radius 3 is 2.94 bits per heavy atom. The molecule has 90 valence electrons. The van der Waals surface area contributed by atoms with Crippen molar-refractivity contribution in [1.82, 2.24) is 4.98 Å². The Morgan fingerprint density at radius 2 is 2.11 bits per heavy atom. The lowest BCUT2D eigenvalue weighted by Crippen LogP contribution is -1.99. The number of pyridine rings is 1. The number of nitrogen functional groups attached to an aromatic ring is 1. The first-order chi connectivity index (χ1) is 8.84. The predicted octanol–water partition coefficient (Wildman–Crippen LogP) is 3.49.